The van der Waals surface area contributed by atoms with Crippen molar-refractivity contribution in [3.05, 3.63) is 45.2 Å². The molecule has 0 aliphatic heterocycles. The number of aromatic nitrogens is 1. The second kappa shape index (κ2) is 4.75. The lowest BCUT2D eigenvalue weighted by Crippen LogP contribution is -2.34. The van der Waals surface area contributed by atoms with E-state index in [9.17, 15) is 4.79 Å². The first-order chi connectivity index (χ1) is 8.74. The van der Waals surface area contributed by atoms with E-state index >= 15 is 0 Å². The normalized spacial score (nSPS) is 15.8. The van der Waals surface area contributed by atoms with Gasteiger partial charge in [0.1, 0.15) is 0 Å². The van der Waals surface area contributed by atoms with Gasteiger partial charge in [-0.1, -0.05) is 24.1 Å². The fourth-order valence-corrected chi connectivity index (χ4v) is 2.47. The first-order valence-corrected chi connectivity index (χ1v) is 6.65. The van der Waals surface area contributed by atoms with Crippen LogP contribution in [-0.4, -0.2) is 11.0 Å². The lowest BCUT2D eigenvalue weighted by molar-refractivity contribution is 0.337. The van der Waals surface area contributed by atoms with E-state index in [1.807, 2.05) is 0 Å². The van der Waals surface area contributed by atoms with E-state index in [-0.39, 0.29) is 5.43 Å². The third kappa shape index (κ3) is 2.16. The molecule has 1 saturated carbocycles. The molecule has 0 spiro atoms. The van der Waals surface area contributed by atoms with E-state index in [1.54, 1.807) is 24.3 Å². The summed E-state index contributed by atoms with van der Waals surface area (Å²) in [7, 11) is 0. The molecule has 0 atom stereocenters. The fraction of sp³-hybridized carbons (Fsp3) is 0.357. The Morgan fingerprint density at radius 1 is 1.39 bits per heavy atom. The predicted octanol–water partition coefficient (Wildman–Crippen LogP) is 2.82. The number of rotatable bonds is 3. The Morgan fingerprint density at radius 2 is 2.22 bits per heavy atom. The second-order valence-electron chi connectivity index (χ2n) is 4.83. The van der Waals surface area contributed by atoms with Crippen LogP contribution in [0.1, 0.15) is 25.0 Å². The van der Waals surface area contributed by atoms with Gasteiger partial charge in [-0.05, 0) is 25.0 Å². The molecule has 0 saturated heterocycles. The van der Waals surface area contributed by atoms with Gasteiger partial charge < -0.3 is 10.3 Å². The Bertz CT molecular complexity index is 631. The second-order valence-corrected chi connectivity index (χ2v) is 5.24. The molecule has 0 radical (unpaired) electrons. The Hall–Kier alpha value is -1.32. The van der Waals surface area contributed by atoms with Crippen LogP contribution in [0.4, 0.5) is 0 Å². The van der Waals surface area contributed by atoms with Crippen LogP contribution in [0.5, 0.6) is 0 Å². The van der Waals surface area contributed by atoms with Gasteiger partial charge in [-0.25, -0.2) is 0 Å². The van der Waals surface area contributed by atoms with Crippen LogP contribution in [0.15, 0.2) is 29.1 Å². The van der Waals surface area contributed by atoms with Gasteiger partial charge in [0.15, 0.2) is 5.43 Å². The average molecular weight is 263 g/mol. The van der Waals surface area contributed by atoms with E-state index in [4.69, 9.17) is 11.6 Å². The van der Waals surface area contributed by atoms with Crippen molar-refractivity contribution in [3.8, 4) is 0 Å². The highest BCUT2D eigenvalue weighted by molar-refractivity contribution is 6.35. The van der Waals surface area contributed by atoms with E-state index in [0.29, 0.717) is 23.0 Å². The summed E-state index contributed by atoms with van der Waals surface area (Å²) in [5, 5.41) is 4.67. The standard InChI is InChI=1S/C14H15ClN2O/c15-12-6-2-5-11-13(18)7-10(17-14(11)12)8-16-9-3-1-4-9/h2,5-7,9,16H,1,3-4,8H2,(H,17,18). The van der Waals surface area contributed by atoms with Crippen molar-refractivity contribution in [2.45, 2.75) is 31.8 Å². The summed E-state index contributed by atoms with van der Waals surface area (Å²) in [5.41, 5.74) is 1.65. The van der Waals surface area contributed by atoms with Crippen LogP contribution in [0.25, 0.3) is 10.9 Å². The monoisotopic (exact) mass is 262 g/mol. The molecule has 2 N–H and O–H groups in total. The quantitative estimate of drug-likeness (QED) is 0.893. The van der Waals surface area contributed by atoms with Crippen molar-refractivity contribution in [3.63, 3.8) is 0 Å². The molecule has 1 aromatic heterocycles. The van der Waals surface area contributed by atoms with Crippen LogP contribution in [0.2, 0.25) is 5.02 Å². The molecular formula is C14H15ClN2O. The summed E-state index contributed by atoms with van der Waals surface area (Å²) in [6, 6.07) is 7.65. The minimum Gasteiger partial charge on any atom is -0.356 e. The number of benzene rings is 1. The minimum absolute atomic E-state index is 0.0247. The summed E-state index contributed by atoms with van der Waals surface area (Å²) in [5.74, 6) is 0. The van der Waals surface area contributed by atoms with Gasteiger partial charge in [-0.3, -0.25) is 4.79 Å². The highest BCUT2D eigenvalue weighted by atomic mass is 35.5. The van der Waals surface area contributed by atoms with Crippen LogP contribution >= 0.6 is 11.6 Å². The molecule has 2 aromatic rings. The highest BCUT2D eigenvalue weighted by Gasteiger charge is 2.16. The van der Waals surface area contributed by atoms with Gasteiger partial charge in [-0.15, -0.1) is 0 Å². The smallest absolute Gasteiger partial charge is 0.189 e. The summed E-state index contributed by atoms with van der Waals surface area (Å²) >= 11 is 6.11. The van der Waals surface area contributed by atoms with Crippen LogP contribution < -0.4 is 10.7 Å². The van der Waals surface area contributed by atoms with Crippen molar-refractivity contribution in [1.82, 2.24) is 10.3 Å². The first-order valence-electron chi connectivity index (χ1n) is 6.28. The molecule has 0 bridgehead atoms. The largest absolute Gasteiger partial charge is 0.356 e. The molecule has 94 valence electrons. The van der Waals surface area contributed by atoms with Crippen LogP contribution in [0, 0.1) is 0 Å². The van der Waals surface area contributed by atoms with Crippen LogP contribution in [0.3, 0.4) is 0 Å². The molecule has 0 unspecified atom stereocenters. The van der Waals surface area contributed by atoms with Gasteiger partial charge >= 0.3 is 0 Å². The van der Waals surface area contributed by atoms with Crippen molar-refractivity contribution >= 4 is 22.5 Å². The molecule has 3 rings (SSSR count). The third-order valence-electron chi connectivity index (χ3n) is 3.56. The molecule has 1 fully saturated rings. The zero-order valence-corrected chi connectivity index (χ0v) is 10.8. The number of H-pyrrole nitrogens is 1. The summed E-state index contributed by atoms with van der Waals surface area (Å²) < 4.78 is 0. The number of nitrogens with one attached hydrogen (secondary N) is 2. The van der Waals surface area contributed by atoms with Gasteiger partial charge in [0.25, 0.3) is 0 Å². The highest BCUT2D eigenvalue weighted by Crippen LogP contribution is 2.20. The molecule has 1 aromatic carbocycles. The molecule has 4 heteroatoms. The van der Waals surface area contributed by atoms with E-state index in [1.165, 1.54) is 19.3 Å². The van der Waals surface area contributed by atoms with Crippen molar-refractivity contribution in [2.75, 3.05) is 0 Å². The number of hydrogen-bond donors (Lipinski definition) is 2. The number of pyridine rings is 1. The molecule has 1 heterocycles. The number of hydrogen-bond acceptors (Lipinski definition) is 2. The van der Waals surface area contributed by atoms with Crippen molar-refractivity contribution in [1.29, 1.82) is 0 Å². The molecule has 3 nitrogen and oxygen atoms in total. The lowest BCUT2D eigenvalue weighted by atomic mass is 9.93. The molecule has 1 aliphatic rings. The lowest BCUT2D eigenvalue weighted by Gasteiger charge is -2.26. The zero-order valence-electron chi connectivity index (χ0n) is 10.0. The Morgan fingerprint density at radius 3 is 2.94 bits per heavy atom. The fourth-order valence-electron chi connectivity index (χ4n) is 2.25. The Kier molecular flexibility index (Phi) is 3.10. The van der Waals surface area contributed by atoms with Gasteiger partial charge in [0, 0.05) is 29.7 Å². The van der Waals surface area contributed by atoms with Crippen LogP contribution in [-0.2, 0) is 6.54 Å². The number of halogens is 1. The predicted molar refractivity (Wildman–Crippen MR) is 74.1 cm³/mol. The number of fused-ring (bicyclic) bond motifs is 1. The summed E-state index contributed by atoms with van der Waals surface area (Å²) in [6.45, 7) is 0.696. The van der Waals surface area contributed by atoms with Gasteiger partial charge in [-0.2, -0.15) is 0 Å². The maximum absolute atomic E-state index is 12.0. The first kappa shape index (κ1) is 11.8. The average Bonchev–Trinajstić information content (AvgIpc) is 2.29. The summed E-state index contributed by atoms with van der Waals surface area (Å²) in [6.07, 6.45) is 3.77. The SMILES string of the molecule is O=c1cc(CNC2CCC2)[nH]c2c(Cl)cccc12. The van der Waals surface area contributed by atoms with E-state index in [2.05, 4.69) is 10.3 Å². The Balaban J connectivity index is 1.93. The topological polar surface area (TPSA) is 44.9 Å². The number of aromatic amines is 1. The maximum atomic E-state index is 12.0. The van der Waals surface area contributed by atoms with Crippen molar-refractivity contribution in [2.24, 2.45) is 0 Å². The Labute approximate surface area is 110 Å². The van der Waals surface area contributed by atoms with E-state index < -0.39 is 0 Å². The molecular weight excluding hydrogens is 248 g/mol. The molecule has 18 heavy (non-hydrogen) atoms. The third-order valence-corrected chi connectivity index (χ3v) is 3.87. The summed E-state index contributed by atoms with van der Waals surface area (Å²) in [4.78, 5) is 15.2. The minimum atomic E-state index is 0.0247. The zero-order chi connectivity index (χ0) is 12.5. The maximum Gasteiger partial charge on any atom is 0.189 e. The molecule has 0 amide bonds. The van der Waals surface area contributed by atoms with E-state index in [0.717, 1.165) is 11.2 Å². The van der Waals surface area contributed by atoms with Gasteiger partial charge in [0.05, 0.1) is 10.5 Å². The van der Waals surface area contributed by atoms with Gasteiger partial charge in [0.2, 0.25) is 0 Å². The molecule has 1 aliphatic carbocycles. The number of para-hydroxylation sites is 1. The van der Waals surface area contributed by atoms with Crippen molar-refractivity contribution < 1.29 is 0 Å².